The average Bonchev–Trinajstić information content (AvgIpc) is 3.33. The van der Waals surface area contributed by atoms with E-state index >= 15 is 0 Å². The third-order valence-corrected chi connectivity index (χ3v) is 5.45. The number of rotatable bonds is 3. The zero-order chi connectivity index (χ0) is 13.4. The van der Waals surface area contributed by atoms with Crippen molar-refractivity contribution < 1.29 is 0 Å². The van der Waals surface area contributed by atoms with Gasteiger partial charge in [-0.3, -0.25) is 4.90 Å². The number of hydrogen-bond acceptors (Lipinski definition) is 2. The molecule has 2 unspecified atom stereocenters. The monoisotopic (exact) mass is 270 g/mol. The molecule has 2 fully saturated rings. The van der Waals surface area contributed by atoms with Gasteiger partial charge in [0.25, 0.3) is 0 Å². The van der Waals surface area contributed by atoms with Crippen molar-refractivity contribution in [2.24, 2.45) is 5.92 Å². The van der Waals surface area contributed by atoms with Crippen molar-refractivity contribution in [3.63, 3.8) is 0 Å². The lowest BCUT2D eigenvalue weighted by atomic mass is 9.82. The highest BCUT2D eigenvalue weighted by Crippen LogP contribution is 2.35. The molecule has 20 heavy (non-hydrogen) atoms. The fourth-order valence-corrected chi connectivity index (χ4v) is 4.18. The van der Waals surface area contributed by atoms with Crippen molar-refractivity contribution in [1.29, 1.82) is 0 Å². The van der Waals surface area contributed by atoms with Gasteiger partial charge in [0.15, 0.2) is 0 Å². The lowest BCUT2D eigenvalue weighted by Gasteiger charge is -2.37. The minimum Gasteiger partial charge on any atom is -0.311 e. The van der Waals surface area contributed by atoms with Gasteiger partial charge in [-0.15, -0.1) is 0 Å². The smallest absolute Gasteiger partial charge is 0.0223 e. The van der Waals surface area contributed by atoms with Gasteiger partial charge >= 0.3 is 0 Å². The van der Waals surface area contributed by atoms with E-state index in [1.165, 1.54) is 58.3 Å². The summed E-state index contributed by atoms with van der Waals surface area (Å²) >= 11 is 0. The van der Waals surface area contributed by atoms with Gasteiger partial charge in [-0.25, -0.2) is 0 Å². The maximum absolute atomic E-state index is 3.73. The Morgan fingerprint density at radius 1 is 1.15 bits per heavy atom. The van der Waals surface area contributed by atoms with Crippen LogP contribution in [0, 0.1) is 5.92 Å². The molecule has 4 rings (SSSR count). The molecule has 0 bridgehead atoms. The molecule has 0 radical (unpaired) electrons. The molecule has 1 aromatic carbocycles. The van der Waals surface area contributed by atoms with Crippen molar-refractivity contribution in [1.82, 2.24) is 10.2 Å². The van der Waals surface area contributed by atoms with E-state index in [-0.39, 0.29) is 0 Å². The molecule has 1 N–H and O–H groups in total. The molecule has 1 saturated carbocycles. The largest absolute Gasteiger partial charge is 0.311 e. The Morgan fingerprint density at radius 2 is 2.05 bits per heavy atom. The fourth-order valence-electron chi connectivity index (χ4n) is 4.18. The number of nitrogens with one attached hydrogen (secondary N) is 1. The summed E-state index contributed by atoms with van der Waals surface area (Å²) in [6.45, 7) is 4.99. The lowest BCUT2D eigenvalue weighted by Crippen LogP contribution is -2.52. The van der Waals surface area contributed by atoms with E-state index in [1.807, 2.05) is 0 Å². The van der Waals surface area contributed by atoms with Crippen LogP contribution in [0.4, 0.5) is 0 Å². The van der Waals surface area contributed by atoms with Gasteiger partial charge in [-0.1, -0.05) is 24.3 Å². The zero-order valence-electron chi connectivity index (χ0n) is 12.4. The van der Waals surface area contributed by atoms with E-state index in [0.717, 1.165) is 17.9 Å². The van der Waals surface area contributed by atoms with Crippen LogP contribution in [0.5, 0.6) is 0 Å². The van der Waals surface area contributed by atoms with Crippen LogP contribution in [-0.4, -0.2) is 37.1 Å². The standard InChI is InChI=1S/C18H26N2/c1-2-7-17-14(4-1)5-3-6-16(17)12-20-11-10-19-18(13-20)15-8-9-15/h1-2,4,7,15-16,18-19H,3,5-6,8-13H2. The van der Waals surface area contributed by atoms with Gasteiger partial charge in [-0.2, -0.15) is 0 Å². The van der Waals surface area contributed by atoms with E-state index in [2.05, 4.69) is 34.5 Å². The summed E-state index contributed by atoms with van der Waals surface area (Å²) in [6.07, 6.45) is 6.96. The third-order valence-electron chi connectivity index (χ3n) is 5.45. The first-order valence-electron chi connectivity index (χ1n) is 8.44. The van der Waals surface area contributed by atoms with Crippen molar-refractivity contribution >= 4 is 0 Å². The number of benzene rings is 1. The first-order chi connectivity index (χ1) is 9.90. The van der Waals surface area contributed by atoms with Crippen molar-refractivity contribution in [2.75, 3.05) is 26.2 Å². The molecular weight excluding hydrogens is 244 g/mol. The predicted octanol–water partition coefficient (Wildman–Crippen LogP) is 2.79. The Balaban J connectivity index is 1.44. The summed E-state index contributed by atoms with van der Waals surface area (Å²) in [5.41, 5.74) is 3.25. The highest BCUT2D eigenvalue weighted by Gasteiger charge is 2.34. The Morgan fingerprint density at radius 3 is 2.95 bits per heavy atom. The first-order valence-corrected chi connectivity index (χ1v) is 8.44. The molecule has 2 atom stereocenters. The Labute approximate surface area is 122 Å². The maximum atomic E-state index is 3.73. The van der Waals surface area contributed by atoms with Crippen LogP contribution >= 0.6 is 0 Å². The van der Waals surface area contributed by atoms with E-state index in [4.69, 9.17) is 0 Å². The fraction of sp³-hybridized carbons (Fsp3) is 0.667. The highest BCUT2D eigenvalue weighted by molar-refractivity contribution is 5.32. The second-order valence-electron chi connectivity index (χ2n) is 6.95. The summed E-state index contributed by atoms with van der Waals surface area (Å²) in [5, 5.41) is 3.73. The molecule has 1 aromatic rings. The van der Waals surface area contributed by atoms with Crippen LogP contribution in [0.15, 0.2) is 24.3 Å². The lowest BCUT2D eigenvalue weighted by molar-refractivity contribution is 0.175. The number of aryl methyl sites for hydroxylation is 1. The number of piperazine rings is 1. The molecule has 1 heterocycles. The molecule has 0 spiro atoms. The third kappa shape index (κ3) is 2.64. The highest BCUT2D eigenvalue weighted by atomic mass is 15.2. The topological polar surface area (TPSA) is 15.3 Å². The molecule has 2 nitrogen and oxygen atoms in total. The van der Waals surface area contributed by atoms with Gasteiger partial charge in [0.2, 0.25) is 0 Å². The summed E-state index contributed by atoms with van der Waals surface area (Å²) in [7, 11) is 0. The summed E-state index contributed by atoms with van der Waals surface area (Å²) in [6, 6.07) is 9.92. The molecule has 1 aliphatic heterocycles. The Bertz CT molecular complexity index is 466. The van der Waals surface area contributed by atoms with Crippen molar-refractivity contribution in [3.05, 3.63) is 35.4 Å². The number of fused-ring (bicyclic) bond motifs is 1. The summed E-state index contributed by atoms with van der Waals surface area (Å²) < 4.78 is 0. The van der Waals surface area contributed by atoms with Gasteiger partial charge in [0.1, 0.15) is 0 Å². The Hall–Kier alpha value is -0.860. The van der Waals surface area contributed by atoms with Crippen LogP contribution < -0.4 is 5.32 Å². The van der Waals surface area contributed by atoms with E-state index in [0.29, 0.717) is 0 Å². The van der Waals surface area contributed by atoms with Crippen LogP contribution in [0.2, 0.25) is 0 Å². The number of hydrogen-bond donors (Lipinski definition) is 1. The normalized spacial score (nSPS) is 31.0. The zero-order valence-corrected chi connectivity index (χ0v) is 12.4. The minimum atomic E-state index is 0.776. The number of nitrogens with zero attached hydrogens (tertiary/aromatic N) is 1. The Kier molecular flexibility index (Phi) is 3.53. The molecule has 0 amide bonds. The van der Waals surface area contributed by atoms with Gasteiger partial charge < -0.3 is 5.32 Å². The predicted molar refractivity (Wildman–Crippen MR) is 83.1 cm³/mol. The van der Waals surface area contributed by atoms with E-state index in [1.54, 1.807) is 11.1 Å². The van der Waals surface area contributed by atoms with E-state index < -0.39 is 0 Å². The summed E-state index contributed by atoms with van der Waals surface area (Å²) in [4.78, 5) is 2.73. The molecule has 2 aliphatic carbocycles. The molecule has 108 valence electrons. The molecule has 3 aliphatic rings. The van der Waals surface area contributed by atoms with Crippen LogP contribution in [0.1, 0.15) is 42.7 Å². The minimum absolute atomic E-state index is 0.776. The van der Waals surface area contributed by atoms with Crippen LogP contribution in [-0.2, 0) is 6.42 Å². The summed E-state index contributed by atoms with van der Waals surface area (Å²) in [5.74, 6) is 1.76. The molecule has 1 saturated heterocycles. The van der Waals surface area contributed by atoms with Gasteiger partial charge in [-0.05, 0) is 55.1 Å². The first kappa shape index (κ1) is 12.8. The molecule has 0 aromatic heterocycles. The van der Waals surface area contributed by atoms with Gasteiger partial charge in [0.05, 0.1) is 0 Å². The van der Waals surface area contributed by atoms with Gasteiger partial charge in [0, 0.05) is 32.2 Å². The molecular formula is C18H26N2. The van der Waals surface area contributed by atoms with Crippen molar-refractivity contribution in [3.8, 4) is 0 Å². The van der Waals surface area contributed by atoms with Crippen LogP contribution in [0.25, 0.3) is 0 Å². The van der Waals surface area contributed by atoms with E-state index in [9.17, 15) is 0 Å². The average molecular weight is 270 g/mol. The quantitative estimate of drug-likeness (QED) is 0.908. The SMILES string of the molecule is c1ccc2c(c1)CCCC2CN1CCNC(C2CC2)C1. The maximum Gasteiger partial charge on any atom is 0.0223 e. The van der Waals surface area contributed by atoms with Crippen molar-refractivity contribution in [2.45, 2.75) is 44.1 Å². The molecule has 2 heteroatoms. The second kappa shape index (κ2) is 5.50. The van der Waals surface area contributed by atoms with Crippen LogP contribution in [0.3, 0.4) is 0 Å². The second-order valence-corrected chi connectivity index (χ2v) is 6.95.